The number of alkyl halides is 3. The molecule has 0 aliphatic rings. The molecule has 4 nitrogen and oxygen atoms in total. The summed E-state index contributed by atoms with van der Waals surface area (Å²) in [5, 5.41) is 2.90. The third kappa shape index (κ3) is 4.59. The SMILES string of the molecule is CCCOc1nc(Nc2ccc(C(C)C)cc2)ncc1C(F)(F)F. The standard InChI is InChI=1S/C17H20F3N3O/c1-4-9-24-15-14(17(18,19)20)10-21-16(23-15)22-13-7-5-12(6-8-13)11(2)3/h5-8,10-11H,4,9H2,1-3H3,(H,21,22,23). The zero-order valence-corrected chi connectivity index (χ0v) is 13.8. The van der Waals surface area contributed by atoms with Crippen LogP contribution in [0.3, 0.4) is 0 Å². The van der Waals surface area contributed by atoms with Gasteiger partial charge in [0.15, 0.2) is 0 Å². The molecule has 0 amide bonds. The fourth-order valence-corrected chi connectivity index (χ4v) is 2.01. The fourth-order valence-electron chi connectivity index (χ4n) is 2.01. The number of nitrogens with one attached hydrogen (secondary N) is 1. The lowest BCUT2D eigenvalue weighted by atomic mass is 10.0. The zero-order valence-electron chi connectivity index (χ0n) is 13.8. The van der Waals surface area contributed by atoms with Gasteiger partial charge in [-0.25, -0.2) is 4.98 Å². The summed E-state index contributed by atoms with van der Waals surface area (Å²) in [6, 6.07) is 7.57. The van der Waals surface area contributed by atoms with E-state index in [0.29, 0.717) is 18.0 Å². The second-order valence-corrected chi connectivity index (χ2v) is 5.66. The topological polar surface area (TPSA) is 47.0 Å². The Balaban J connectivity index is 2.24. The van der Waals surface area contributed by atoms with Crippen molar-refractivity contribution in [2.75, 3.05) is 11.9 Å². The lowest BCUT2D eigenvalue weighted by Crippen LogP contribution is -2.12. The molecule has 0 radical (unpaired) electrons. The van der Waals surface area contributed by atoms with Crippen molar-refractivity contribution in [3.63, 3.8) is 0 Å². The summed E-state index contributed by atoms with van der Waals surface area (Å²) in [6.07, 6.45) is -3.23. The van der Waals surface area contributed by atoms with Crippen molar-refractivity contribution in [1.82, 2.24) is 9.97 Å². The molecule has 2 aromatic rings. The molecule has 0 saturated carbocycles. The van der Waals surface area contributed by atoms with Crippen LogP contribution in [0.2, 0.25) is 0 Å². The van der Waals surface area contributed by atoms with Crippen molar-refractivity contribution in [3.05, 3.63) is 41.6 Å². The minimum atomic E-state index is -4.56. The second-order valence-electron chi connectivity index (χ2n) is 5.66. The molecular weight excluding hydrogens is 319 g/mol. The highest BCUT2D eigenvalue weighted by Crippen LogP contribution is 2.35. The maximum Gasteiger partial charge on any atom is 0.423 e. The van der Waals surface area contributed by atoms with Crippen LogP contribution in [0.15, 0.2) is 30.5 Å². The molecule has 7 heteroatoms. The number of hydrogen-bond acceptors (Lipinski definition) is 4. The van der Waals surface area contributed by atoms with Crippen molar-refractivity contribution in [1.29, 1.82) is 0 Å². The van der Waals surface area contributed by atoms with E-state index in [1.54, 1.807) is 0 Å². The highest BCUT2D eigenvalue weighted by molar-refractivity contribution is 5.54. The largest absolute Gasteiger partial charge is 0.477 e. The van der Waals surface area contributed by atoms with Gasteiger partial charge in [0.1, 0.15) is 5.56 Å². The number of benzene rings is 1. The van der Waals surface area contributed by atoms with Crippen LogP contribution in [0, 0.1) is 0 Å². The first kappa shape index (κ1) is 18.0. The number of anilines is 2. The molecule has 0 aliphatic heterocycles. The molecule has 2 rings (SSSR count). The first-order chi connectivity index (χ1) is 11.3. The third-order valence-electron chi connectivity index (χ3n) is 3.34. The van der Waals surface area contributed by atoms with E-state index in [9.17, 15) is 13.2 Å². The number of hydrogen-bond donors (Lipinski definition) is 1. The summed E-state index contributed by atoms with van der Waals surface area (Å²) >= 11 is 0. The Kier molecular flexibility index (Phi) is 5.64. The number of nitrogens with zero attached hydrogens (tertiary/aromatic N) is 2. The van der Waals surface area contributed by atoms with Crippen molar-refractivity contribution >= 4 is 11.6 Å². The zero-order chi connectivity index (χ0) is 17.7. The van der Waals surface area contributed by atoms with Crippen molar-refractivity contribution < 1.29 is 17.9 Å². The summed E-state index contributed by atoms with van der Waals surface area (Å²) in [6.45, 7) is 6.13. The van der Waals surface area contributed by atoms with Crippen LogP contribution >= 0.6 is 0 Å². The molecule has 1 N–H and O–H groups in total. The quantitative estimate of drug-likeness (QED) is 0.790. The Morgan fingerprint density at radius 3 is 2.38 bits per heavy atom. The first-order valence-electron chi connectivity index (χ1n) is 7.75. The van der Waals surface area contributed by atoms with Gasteiger partial charge in [-0.1, -0.05) is 32.9 Å². The maximum atomic E-state index is 13.0. The van der Waals surface area contributed by atoms with Gasteiger partial charge < -0.3 is 10.1 Å². The van der Waals surface area contributed by atoms with Crippen LogP contribution < -0.4 is 10.1 Å². The monoisotopic (exact) mass is 339 g/mol. The van der Waals surface area contributed by atoms with Crippen LogP contribution in [0.25, 0.3) is 0 Å². The normalized spacial score (nSPS) is 11.6. The molecule has 0 bridgehead atoms. The average Bonchev–Trinajstić information content (AvgIpc) is 2.52. The molecule has 0 unspecified atom stereocenters. The summed E-state index contributed by atoms with van der Waals surface area (Å²) in [7, 11) is 0. The minimum absolute atomic E-state index is 0.0615. The average molecular weight is 339 g/mol. The number of aromatic nitrogens is 2. The summed E-state index contributed by atoms with van der Waals surface area (Å²) in [4.78, 5) is 7.61. The highest BCUT2D eigenvalue weighted by Gasteiger charge is 2.36. The van der Waals surface area contributed by atoms with Gasteiger partial charge in [0, 0.05) is 11.9 Å². The van der Waals surface area contributed by atoms with Crippen LogP contribution in [0.5, 0.6) is 5.88 Å². The summed E-state index contributed by atoms with van der Waals surface area (Å²) in [5.41, 5.74) is 0.887. The van der Waals surface area contributed by atoms with Crippen molar-refractivity contribution in [2.45, 2.75) is 39.3 Å². The van der Waals surface area contributed by atoms with Gasteiger partial charge in [0.05, 0.1) is 6.61 Å². The maximum absolute atomic E-state index is 13.0. The molecule has 1 heterocycles. The van der Waals surface area contributed by atoms with E-state index in [2.05, 4.69) is 29.1 Å². The van der Waals surface area contributed by atoms with Crippen LogP contribution in [0.1, 0.15) is 44.2 Å². The third-order valence-corrected chi connectivity index (χ3v) is 3.34. The predicted octanol–water partition coefficient (Wildman–Crippen LogP) is 5.15. The molecule has 0 spiro atoms. The van der Waals surface area contributed by atoms with Gasteiger partial charge in [-0.15, -0.1) is 0 Å². The Bertz CT molecular complexity index is 670. The summed E-state index contributed by atoms with van der Waals surface area (Å²) in [5.74, 6) is 0.00228. The van der Waals surface area contributed by atoms with E-state index >= 15 is 0 Å². The molecular formula is C17H20F3N3O. The van der Waals surface area contributed by atoms with Crippen LogP contribution in [-0.4, -0.2) is 16.6 Å². The molecule has 0 aliphatic carbocycles. The number of halogens is 3. The summed E-state index contributed by atoms with van der Waals surface area (Å²) < 4.78 is 44.1. The van der Waals surface area contributed by atoms with Gasteiger partial charge in [-0.2, -0.15) is 18.2 Å². The molecule has 130 valence electrons. The van der Waals surface area contributed by atoms with Crippen molar-refractivity contribution in [3.8, 4) is 5.88 Å². The Morgan fingerprint density at radius 1 is 1.17 bits per heavy atom. The van der Waals surface area contributed by atoms with Gasteiger partial charge in [-0.3, -0.25) is 0 Å². The molecule has 1 aromatic carbocycles. The Hall–Kier alpha value is -2.31. The fraction of sp³-hybridized carbons (Fsp3) is 0.412. The number of ether oxygens (including phenoxy) is 1. The van der Waals surface area contributed by atoms with Gasteiger partial charge in [0.2, 0.25) is 11.8 Å². The van der Waals surface area contributed by atoms with Gasteiger partial charge >= 0.3 is 6.18 Å². The van der Waals surface area contributed by atoms with E-state index in [1.165, 1.54) is 5.56 Å². The van der Waals surface area contributed by atoms with Gasteiger partial charge in [0.25, 0.3) is 0 Å². The lowest BCUT2D eigenvalue weighted by molar-refractivity contribution is -0.139. The van der Waals surface area contributed by atoms with Gasteiger partial charge in [-0.05, 0) is 30.0 Å². The van der Waals surface area contributed by atoms with Crippen LogP contribution in [-0.2, 0) is 6.18 Å². The molecule has 24 heavy (non-hydrogen) atoms. The first-order valence-corrected chi connectivity index (χ1v) is 7.75. The molecule has 1 aromatic heterocycles. The molecule has 0 saturated heterocycles. The van der Waals surface area contributed by atoms with E-state index in [1.807, 2.05) is 31.2 Å². The predicted molar refractivity (Wildman–Crippen MR) is 86.6 cm³/mol. The smallest absolute Gasteiger partial charge is 0.423 e. The molecule has 0 atom stereocenters. The van der Waals surface area contributed by atoms with E-state index in [0.717, 1.165) is 6.20 Å². The molecule has 0 fully saturated rings. The Labute approximate surface area is 139 Å². The second kappa shape index (κ2) is 7.51. The minimum Gasteiger partial charge on any atom is -0.477 e. The number of rotatable bonds is 6. The van der Waals surface area contributed by atoms with E-state index in [4.69, 9.17) is 4.74 Å². The van der Waals surface area contributed by atoms with E-state index in [-0.39, 0.29) is 12.6 Å². The highest BCUT2D eigenvalue weighted by atomic mass is 19.4. The Morgan fingerprint density at radius 2 is 1.83 bits per heavy atom. The van der Waals surface area contributed by atoms with E-state index < -0.39 is 17.6 Å². The van der Waals surface area contributed by atoms with Crippen molar-refractivity contribution in [2.24, 2.45) is 0 Å². The lowest BCUT2D eigenvalue weighted by Gasteiger charge is -2.14. The van der Waals surface area contributed by atoms with Crippen LogP contribution in [0.4, 0.5) is 24.8 Å².